The van der Waals surface area contributed by atoms with Gasteiger partial charge in [0.05, 0.1) is 12.9 Å². The fourth-order valence-corrected chi connectivity index (χ4v) is 1.39. The molecule has 0 radical (unpaired) electrons. The maximum atomic E-state index is 12.5. The fraction of sp³-hybridized carbons (Fsp3) is 0.727. The SMILES string of the molecule is CCOC(=O)N(C/C(=C\F)CBr)C(C)(C)C. The minimum atomic E-state index is -0.421. The van der Waals surface area contributed by atoms with E-state index in [-0.39, 0.29) is 6.54 Å². The Hall–Kier alpha value is -0.580. The molecule has 0 aromatic heterocycles. The fourth-order valence-electron chi connectivity index (χ4n) is 1.09. The molecule has 0 bridgehead atoms. The Labute approximate surface area is 105 Å². The highest BCUT2D eigenvalue weighted by Crippen LogP contribution is 2.17. The highest BCUT2D eigenvalue weighted by atomic mass is 79.9. The number of ether oxygens (including phenoxy) is 1. The quantitative estimate of drug-likeness (QED) is 0.743. The number of halogens is 2. The number of carbonyl (C=O) groups is 1. The first-order valence-corrected chi connectivity index (χ1v) is 6.27. The zero-order valence-electron chi connectivity index (χ0n) is 10.2. The summed E-state index contributed by atoms with van der Waals surface area (Å²) in [5.74, 6) is 0. The largest absolute Gasteiger partial charge is 0.450 e. The van der Waals surface area contributed by atoms with Gasteiger partial charge >= 0.3 is 6.09 Å². The number of hydrogen-bond donors (Lipinski definition) is 0. The highest BCUT2D eigenvalue weighted by Gasteiger charge is 2.28. The van der Waals surface area contributed by atoms with Crippen LogP contribution >= 0.6 is 15.9 Å². The van der Waals surface area contributed by atoms with Crippen LogP contribution in [0.15, 0.2) is 11.9 Å². The molecule has 0 fully saturated rings. The van der Waals surface area contributed by atoms with Crippen LogP contribution < -0.4 is 0 Å². The zero-order chi connectivity index (χ0) is 12.8. The summed E-state index contributed by atoms with van der Waals surface area (Å²) in [7, 11) is 0. The summed E-state index contributed by atoms with van der Waals surface area (Å²) in [5, 5.41) is 0.398. The van der Waals surface area contributed by atoms with Gasteiger partial charge < -0.3 is 4.74 Å². The summed E-state index contributed by atoms with van der Waals surface area (Å²) < 4.78 is 17.4. The third kappa shape index (κ3) is 4.96. The number of nitrogens with zero attached hydrogens (tertiary/aromatic N) is 1. The van der Waals surface area contributed by atoms with E-state index in [1.165, 1.54) is 4.90 Å². The van der Waals surface area contributed by atoms with Crippen LogP contribution in [0.25, 0.3) is 0 Å². The lowest BCUT2D eigenvalue weighted by molar-refractivity contribution is 0.0762. The second kappa shape index (κ2) is 6.89. The first-order chi connectivity index (χ1) is 7.36. The van der Waals surface area contributed by atoms with Crippen molar-refractivity contribution in [2.24, 2.45) is 0 Å². The number of rotatable bonds is 4. The first-order valence-electron chi connectivity index (χ1n) is 5.15. The van der Waals surface area contributed by atoms with Gasteiger partial charge in [-0.05, 0) is 33.3 Å². The Morgan fingerprint density at radius 3 is 2.38 bits per heavy atom. The summed E-state index contributed by atoms with van der Waals surface area (Å²) in [5.41, 5.74) is 0.103. The molecule has 3 nitrogen and oxygen atoms in total. The van der Waals surface area contributed by atoms with Crippen molar-refractivity contribution in [3.05, 3.63) is 11.9 Å². The van der Waals surface area contributed by atoms with E-state index in [4.69, 9.17) is 4.74 Å². The van der Waals surface area contributed by atoms with E-state index in [0.717, 1.165) is 0 Å². The maximum absolute atomic E-state index is 12.5. The van der Waals surface area contributed by atoms with Gasteiger partial charge in [-0.25, -0.2) is 9.18 Å². The van der Waals surface area contributed by atoms with E-state index in [2.05, 4.69) is 15.9 Å². The average Bonchev–Trinajstić information content (AvgIpc) is 2.17. The molecule has 94 valence electrons. The molecule has 5 heteroatoms. The highest BCUT2D eigenvalue weighted by molar-refractivity contribution is 9.09. The smallest absolute Gasteiger partial charge is 0.410 e. The lowest BCUT2D eigenvalue weighted by Crippen LogP contribution is -2.47. The van der Waals surface area contributed by atoms with Gasteiger partial charge in [0.1, 0.15) is 0 Å². The number of alkyl halides is 1. The summed E-state index contributed by atoms with van der Waals surface area (Å²) >= 11 is 3.17. The summed E-state index contributed by atoms with van der Waals surface area (Å²) in [6.45, 7) is 7.93. The molecule has 0 saturated carbocycles. The van der Waals surface area contributed by atoms with Gasteiger partial charge in [-0.15, -0.1) is 0 Å². The minimum absolute atomic E-state index is 0.226. The third-order valence-electron chi connectivity index (χ3n) is 1.99. The second-order valence-electron chi connectivity index (χ2n) is 4.36. The van der Waals surface area contributed by atoms with Crippen molar-refractivity contribution < 1.29 is 13.9 Å². The minimum Gasteiger partial charge on any atom is -0.450 e. The van der Waals surface area contributed by atoms with Crippen molar-refractivity contribution in [2.75, 3.05) is 18.5 Å². The van der Waals surface area contributed by atoms with Crippen LogP contribution in [-0.2, 0) is 4.74 Å². The van der Waals surface area contributed by atoms with Gasteiger partial charge in [-0.3, -0.25) is 4.90 Å². The van der Waals surface area contributed by atoms with Crippen molar-refractivity contribution >= 4 is 22.0 Å². The normalized spacial score (nSPS) is 12.5. The van der Waals surface area contributed by atoms with Crippen molar-refractivity contribution in [3.63, 3.8) is 0 Å². The molecule has 0 aliphatic heterocycles. The standard InChI is InChI=1S/C11H19BrFNO2/c1-5-16-10(15)14(11(2,3)4)8-9(6-12)7-13/h7H,5-6,8H2,1-4H3/b9-7-. The van der Waals surface area contributed by atoms with E-state index < -0.39 is 11.6 Å². The van der Waals surface area contributed by atoms with Crippen LogP contribution in [0, 0.1) is 0 Å². The predicted molar refractivity (Wildman–Crippen MR) is 66.5 cm³/mol. The molecular formula is C11H19BrFNO2. The first kappa shape index (κ1) is 15.4. The van der Waals surface area contributed by atoms with Crippen molar-refractivity contribution in [1.82, 2.24) is 4.90 Å². The Balaban J connectivity index is 4.76. The number of amides is 1. The van der Waals surface area contributed by atoms with Crippen LogP contribution in [0.3, 0.4) is 0 Å². The second-order valence-corrected chi connectivity index (χ2v) is 4.92. The van der Waals surface area contributed by atoms with E-state index >= 15 is 0 Å². The van der Waals surface area contributed by atoms with Gasteiger partial charge in [-0.1, -0.05) is 15.9 Å². The molecule has 0 aromatic rings. The van der Waals surface area contributed by atoms with Crippen molar-refractivity contribution in [1.29, 1.82) is 0 Å². The molecule has 0 saturated heterocycles. The summed E-state index contributed by atoms with van der Waals surface area (Å²) in [4.78, 5) is 13.2. The molecule has 0 aliphatic carbocycles. The lowest BCUT2D eigenvalue weighted by Gasteiger charge is -2.34. The van der Waals surface area contributed by atoms with E-state index in [0.29, 0.717) is 23.8 Å². The third-order valence-corrected chi connectivity index (χ3v) is 2.71. The monoisotopic (exact) mass is 295 g/mol. The molecule has 1 amide bonds. The molecular weight excluding hydrogens is 277 g/mol. The van der Waals surface area contributed by atoms with Gasteiger partial charge in [0.25, 0.3) is 0 Å². The molecule has 0 aromatic carbocycles. The van der Waals surface area contributed by atoms with Gasteiger partial charge in [0.2, 0.25) is 0 Å². The van der Waals surface area contributed by atoms with Crippen LogP contribution in [0.2, 0.25) is 0 Å². The number of carbonyl (C=O) groups excluding carboxylic acids is 1. The van der Waals surface area contributed by atoms with Crippen LogP contribution in [0.4, 0.5) is 9.18 Å². The van der Waals surface area contributed by atoms with Crippen LogP contribution in [-0.4, -0.2) is 35.0 Å². The predicted octanol–water partition coefficient (Wildman–Crippen LogP) is 3.49. The number of hydrogen-bond acceptors (Lipinski definition) is 2. The lowest BCUT2D eigenvalue weighted by atomic mass is 10.1. The molecule has 0 heterocycles. The van der Waals surface area contributed by atoms with Gasteiger partial charge in [0.15, 0.2) is 0 Å². The van der Waals surface area contributed by atoms with Gasteiger partial charge in [0, 0.05) is 17.4 Å². The van der Waals surface area contributed by atoms with Crippen molar-refractivity contribution in [3.8, 4) is 0 Å². The molecule has 0 atom stereocenters. The molecule has 0 N–H and O–H groups in total. The summed E-state index contributed by atoms with van der Waals surface area (Å²) in [6, 6.07) is 0. The Bertz CT molecular complexity index is 261. The van der Waals surface area contributed by atoms with Crippen LogP contribution in [0.1, 0.15) is 27.7 Å². The topological polar surface area (TPSA) is 29.5 Å². The molecule has 0 unspecified atom stereocenters. The zero-order valence-corrected chi connectivity index (χ0v) is 11.8. The maximum Gasteiger partial charge on any atom is 0.410 e. The average molecular weight is 296 g/mol. The van der Waals surface area contributed by atoms with E-state index in [1.807, 2.05) is 20.8 Å². The van der Waals surface area contributed by atoms with Crippen molar-refractivity contribution in [2.45, 2.75) is 33.2 Å². The van der Waals surface area contributed by atoms with Gasteiger partial charge in [-0.2, -0.15) is 0 Å². The molecule has 0 spiro atoms. The summed E-state index contributed by atoms with van der Waals surface area (Å²) in [6.07, 6.45) is 0.0995. The Morgan fingerprint density at radius 1 is 1.50 bits per heavy atom. The van der Waals surface area contributed by atoms with Crippen LogP contribution in [0.5, 0.6) is 0 Å². The molecule has 0 rings (SSSR count). The Kier molecular flexibility index (Phi) is 6.64. The Morgan fingerprint density at radius 2 is 2.06 bits per heavy atom. The molecule has 16 heavy (non-hydrogen) atoms. The molecule has 0 aliphatic rings. The van der Waals surface area contributed by atoms with E-state index in [9.17, 15) is 9.18 Å². The van der Waals surface area contributed by atoms with E-state index in [1.54, 1.807) is 6.92 Å².